The standard InChI is InChI=1S/C19H19N5O4S/c1-2-28-19(25)13-5-3-6-14(11-13)23-18-16(24(26)27)17(21-12-22-18)20-9-8-15-7-4-10-29-15/h3-7,10-12H,2,8-9H2,1H3,(H2,20,21,22,23). The van der Waals surface area contributed by atoms with E-state index >= 15 is 0 Å². The van der Waals surface area contributed by atoms with Crippen LogP contribution in [0.4, 0.5) is 23.0 Å². The maximum absolute atomic E-state index is 11.9. The zero-order valence-electron chi connectivity index (χ0n) is 15.6. The number of anilines is 3. The molecule has 0 aliphatic carbocycles. The highest BCUT2D eigenvalue weighted by Crippen LogP contribution is 2.31. The fourth-order valence-corrected chi connectivity index (χ4v) is 3.32. The highest BCUT2D eigenvalue weighted by Gasteiger charge is 2.23. The molecule has 0 aliphatic rings. The lowest BCUT2D eigenvalue weighted by atomic mass is 10.2. The van der Waals surface area contributed by atoms with Crippen LogP contribution < -0.4 is 10.6 Å². The van der Waals surface area contributed by atoms with Crippen LogP contribution in [0.5, 0.6) is 0 Å². The fraction of sp³-hybridized carbons (Fsp3) is 0.211. The summed E-state index contributed by atoms with van der Waals surface area (Å²) in [5.74, 6) is -0.306. The highest BCUT2D eigenvalue weighted by atomic mass is 32.1. The Labute approximate surface area is 170 Å². The van der Waals surface area contributed by atoms with Crippen LogP contribution >= 0.6 is 11.3 Å². The SMILES string of the molecule is CCOC(=O)c1cccc(Nc2ncnc(NCCc3cccs3)c2[N+](=O)[O-])c1. The van der Waals surface area contributed by atoms with Gasteiger partial charge in [-0.3, -0.25) is 10.1 Å². The van der Waals surface area contributed by atoms with Gasteiger partial charge in [-0.05, 0) is 43.0 Å². The van der Waals surface area contributed by atoms with Crippen molar-refractivity contribution in [2.24, 2.45) is 0 Å². The van der Waals surface area contributed by atoms with E-state index in [1.54, 1.807) is 42.5 Å². The predicted octanol–water partition coefficient (Wildman–Crippen LogP) is 4.02. The summed E-state index contributed by atoms with van der Waals surface area (Å²) in [6.45, 7) is 2.47. The summed E-state index contributed by atoms with van der Waals surface area (Å²) < 4.78 is 4.98. The Morgan fingerprint density at radius 3 is 2.79 bits per heavy atom. The second-order valence-electron chi connectivity index (χ2n) is 5.86. The molecule has 2 heterocycles. The molecule has 3 rings (SSSR count). The maximum Gasteiger partial charge on any atom is 0.353 e. The molecule has 0 saturated heterocycles. The van der Waals surface area contributed by atoms with Crippen molar-refractivity contribution >= 4 is 40.3 Å². The molecule has 0 atom stereocenters. The average Bonchev–Trinajstić information content (AvgIpc) is 3.22. The van der Waals surface area contributed by atoms with E-state index in [9.17, 15) is 14.9 Å². The topological polar surface area (TPSA) is 119 Å². The number of aromatic nitrogens is 2. The minimum absolute atomic E-state index is 0.0321. The van der Waals surface area contributed by atoms with Crippen molar-refractivity contribution in [2.45, 2.75) is 13.3 Å². The molecule has 0 bridgehead atoms. The first-order valence-corrected chi connectivity index (χ1v) is 9.76. The highest BCUT2D eigenvalue weighted by molar-refractivity contribution is 7.09. The molecule has 0 amide bonds. The molecular formula is C19H19N5O4S. The molecule has 0 fully saturated rings. The number of benzene rings is 1. The third-order valence-corrected chi connectivity index (χ3v) is 4.82. The second kappa shape index (κ2) is 9.60. The number of carbonyl (C=O) groups is 1. The lowest BCUT2D eigenvalue weighted by Gasteiger charge is -2.10. The van der Waals surface area contributed by atoms with Gasteiger partial charge in [0.15, 0.2) is 0 Å². The number of nitrogens with one attached hydrogen (secondary N) is 2. The zero-order valence-corrected chi connectivity index (χ0v) is 16.4. The van der Waals surface area contributed by atoms with Crippen LogP contribution in [-0.2, 0) is 11.2 Å². The van der Waals surface area contributed by atoms with Gasteiger partial charge in [-0.1, -0.05) is 12.1 Å². The summed E-state index contributed by atoms with van der Waals surface area (Å²) in [4.78, 5) is 32.2. The Balaban J connectivity index is 1.79. The van der Waals surface area contributed by atoms with Crippen LogP contribution in [0.25, 0.3) is 0 Å². The van der Waals surface area contributed by atoms with Crippen molar-refractivity contribution in [1.82, 2.24) is 9.97 Å². The smallest absolute Gasteiger partial charge is 0.353 e. The van der Waals surface area contributed by atoms with Gasteiger partial charge < -0.3 is 15.4 Å². The first-order valence-electron chi connectivity index (χ1n) is 8.88. The Morgan fingerprint density at radius 1 is 1.24 bits per heavy atom. The van der Waals surface area contributed by atoms with E-state index in [0.29, 0.717) is 17.8 Å². The van der Waals surface area contributed by atoms with E-state index in [-0.39, 0.29) is 23.9 Å². The van der Waals surface area contributed by atoms with Crippen LogP contribution in [-0.4, -0.2) is 34.0 Å². The van der Waals surface area contributed by atoms with Crippen LogP contribution in [0, 0.1) is 10.1 Å². The van der Waals surface area contributed by atoms with E-state index in [4.69, 9.17) is 4.74 Å². The van der Waals surface area contributed by atoms with E-state index in [1.165, 1.54) is 11.2 Å². The fourth-order valence-electron chi connectivity index (χ4n) is 2.61. The summed E-state index contributed by atoms with van der Waals surface area (Å²) >= 11 is 1.62. The van der Waals surface area contributed by atoms with Crippen molar-refractivity contribution < 1.29 is 14.5 Å². The number of hydrogen-bond donors (Lipinski definition) is 2. The van der Waals surface area contributed by atoms with Crippen molar-refractivity contribution in [3.63, 3.8) is 0 Å². The predicted molar refractivity (Wildman–Crippen MR) is 111 cm³/mol. The average molecular weight is 413 g/mol. The van der Waals surface area contributed by atoms with Crippen molar-refractivity contribution in [3.05, 3.63) is 68.7 Å². The molecule has 0 radical (unpaired) electrons. The summed E-state index contributed by atoms with van der Waals surface area (Å²) in [6, 6.07) is 10.5. The monoisotopic (exact) mass is 413 g/mol. The van der Waals surface area contributed by atoms with E-state index < -0.39 is 10.9 Å². The van der Waals surface area contributed by atoms with E-state index in [0.717, 1.165) is 6.42 Å². The zero-order chi connectivity index (χ0) is 20.6. The molecule has 3 aromatic rings. The molecule has 10 heteroatoms. The van der Waals surface area contributed by atoms with Gasteiger partial charge in [0.2, 0.25) is 11.6 Å². The number of nitrogens with zero attached hydrogens (tertiary/aromatic N) is 3. The number of hydrogen-bond acceptors (Lipinski definition) is 9. The van der Waals surface area contributed by atoms with Gasteiger partial charge in [-0.25, -0.2) is 14.8 Å². The summed E-state index contributed by atoms with van der Waals surface area (Å²) in [5.41, 5.74) is 0.546. The molecule has 29 heavy (non-hydrogen) atoms. The van der Waals surface area contributed by atoms with Gasteiger partial charge in [0.1, 0.15) is 6.33 Å². The largest absolute Gasteiger partial charge is 0.462 e. The Hall–Kier alpha value is -3.53. The third kappa shape index (κ3) is 5.26. The summed E-state index contributed by atoms with van der Waals surface area (Å²) in [5, 5.41) is 19.5. The summed E-state index contributed by atoms with van der Waals surface area (Å²) in [7, 11) is 0. The first kappa shape index (κ1) is 20.2. The van der Waals surface area contributed by atoms with Crippen molar-refractivity contribution in [3.8, 4) is 0 Å². The van der Waals surface area contributed by atoms with Crippen LogP contribution in [0.3, 0.4) is 0 Å². The Morgan fingerprint density at radius 2 is 2.07 bits per heavy atom. The Bertz CT molecular complexity index is 994. The lowest BCUT2D eigenvalue weighted by molar-refractivity contribution is -0.383. The van der Waals surface area contributed by atoms with Gasteiger partial charge in [0, 0.05) is 17.1 Å². The van der Waals surface area contributed by atoms with Crippen molar-refractivity contribution in [1.29, 1.82) is 0 Å². The number of thiophene rings is 1. The van der Waals surface area contributed by atoms with E-state index in [2.05, 4.69) is 20.6 Å². The third-order valence-electron chi connectivity index (χ3n) is 3.89. The second-order valence-corrected chi connectivity index (χ2v) is 6.89. The van der Waals surface area contributed by atoms with Gasteiger partial charge in [-0.15, -0.1) is 11.3 Å². The number of esters is 1. The van der Waals surface area contributed by atoms with Crippen LogP contribution in [0.15, 0.2) is 48.1 Å². The van der Waals surface area contributed by atoms with E-state index in [1.807, 2.05) is 17.5 Å². The van der Waals surface area contributed by atoms with Gasteiger partial charge >= 0.3 is 11.7 Å². The first-order chi connectivity index (χ1) is 14.1. The maximum atomic E-state index is 11.9. The molecule has 2 N–H and O–H groups in total. The van der Waals surface area contributed by atoms with Gasteiger partial charge in [0.05, 0.1) is 17.1 Å². The molecule has 9 nitrogen and oxygen atoms in total. The molecular weight excluding hydrogens is 394 g/mol. The quantitative estimate of drug-likeness (QED) is 0.307. The number of nitro groups is 1. The molecule has 0 saturated carbocycles. The van der Waals surface area contributed by atoms with Crippen LogP contribution in [0.1, 0.15) is 22.2 Å². The van der Waals surface area contributed by atoms with Gasteiger partial charge in [-0.2, -0.15) is 0 Å². The molecule has 2 aromatic heterocycles. The van der Waals surface area contributed by atoms with Crippen molar-refractivity contribution in [2.75, 3.05) is 23.8 Å². The molecule has 0 aliphatic heterocycles. The minimum atomic E-state index is -0.537. The molecule has 150 valence electrons. The molecule has 1 aromatic carbocycles. The Kier molecular flexibility index (Phi) is 6.69. The normalized spacial score (nSPS) is 10.4. The number of rotatable bonds is 9. The summed E-state index contributed by atoms with van der Waals surface area (Å²) in [6.07, 6.45) is 1.97. The molecule has 0 unspecified atom stereocenters. The van der Waals surface area contributed by atoms with Gasteiger partial charge in [0.25, 0.3) is 0 Å². The number of ether oxygens (including phenoxy) is 1. The molecule has 0 spiro atoms. The van der Waals surface area contributed by atoms with Crippen LogP contribution in [0.2, 0.25) is 0 Å². The lowest BCUT2D eigenvalue weighted by Crippen LogP contribution is -2.10. The number of carbonyl (C=O) groups excluding carboxylic acids is 1. The minimum Gasteiger partial charge on any atom is -0.462 e.